The maximum absolute atomic E-state index is 13.0. The van der Waals surface area contributed by atoms with Crippen molar-refractivity contribution in [2.24, 2.45) is 0 Å². The maximum Gasteiger partial charge on any atom is 0.418 e. The van der Waals surface area contributed by atoms with Crippen LogP contribution in [0.4, 0.5) is 30.4 Å². The molecule has 0 saturated heterocycles. The Morgan fingerprint density at radius 2 is 1.79 bits per heavy atom. The molecule has 3 aromatic rings. The number of anilines is 3. The van der Waals surface area contributed by atoms with Gasteiger partial charge >= 0.3 is 6.18 Å². The summed E-state index contributed by atoms with van der Waals surface area (Å²) in [5, 5.41) is 12.9. The molecule has 1 heterocycles. The molecule has 0 aliphatic carbocycles. The van der Waals surface area contributed by atoms with Gasteiger partial charge in [-0.3, -0.25) is 4.79 Å². The molecule has 0 atom stereocenters. The normalized spacial score (nSPS) is 11.0. The minimum atomic E-state index is -4.58. The van der Waals surface area contributed by atoms with Crippen LogP contribution >= 0.6 is 0 Å². The van der Waals surface area contributed by atoms with Crippen molar-refractivity contribution in [2.75, 3.05) is 17.7 Å². The Morgan fingerprint density at radius 3 is 2.46 bits per heavy atom. The zero-order valence-electron chi connectivity index (χ0n) is 14.6. The van der Waals surface area contributed by atoms with Crippen LogP contribution in [0.15, 0.2) is 60.7 Å². The van der Waals surface area contributed by atoms with Crippen molar-refractivity contribution in [3.05, 3.63) is 71.9 Å². The number of nitrogens with one attached hydrogen (secondary N) is 2. The molecular weight excluding hydrogens is 373 g/mol. The second-order valence-electron chi connectivity index (χ2n) is 5.66. The first-order chi connectivity index (χ1) is 13.4. The first kappa shape index (κ1) is 19.2. The molecule has 0 aliphatic rings. The summed E-state index contributed by atoms with van der Waals surface area (Å²) >= 11 is 0. The molecule has 0 saturated carbocycles. The molecule has 2 N–H and O–H groups in total. The van der Waals surface area contributed by atoms with E-state index in [4.69, 9.17) is 4.74 Å². The van der Waals surface area contributed by atoms with Crippen LogP contribution in [0.3, 0.4) is 0 Å². The summed E-state index contributed by atoms with van der Waals surface area (Å²) in [6.45, 7) is 0. The van der Waals surface area contributed by atoms with Gasteiger partial charge in [-0.25, -0.2) is 0 Å². The van der Waals surface area contributed by atoms with Gasteiger partial charge < -0.3 is 15.4 Å². The lowest BCUT2D eigenvalue weighted by atomic mass is 10.1. The highest BCUT2D eigenvalue weighted by Gasteiger charge is 2.33. The van der Waals surface area contributed by atoms with Crippen molar-refractivity contribution in [1.82, 2.24) is 10.2 Å². The number of para-hydroxylation sites is 1. The van der Waals surface area contributed by atoms with Crippen LogP contribution in [-0.2, 0) is 6.18 Å². The predicted molar refractivity (Wildman–Crippen MR) is 97.7 cm³/mol. The smallest absolute Gasteiger partial charge is 0.418 e. The Bertz CT molecular complexity index is 975. The van der Waals surface area contributed by atoms with Gasteiger partial charge in [-0.05, 0) is 36.4 Å². The van der Waals surface area contributed by atoms with E-state index in [9.17, 15) is 18.0 Å². The third kappa shape index (κ3) is 4.56. The number of hydrogen-bond donors (Lipinski definition) is 2. The Balaban J connectivity index is 1.72. The van der Waals surface area contributed by atoms with Crippen LogP contribution in [0.1, 0.15) is 16.1 Å². The average molecular weight is 388 g/mol. The highest BCUT2D eigenvalue weighted by atomic mass is 19.4. The highest BCUT2D eigenvalue weighted by molar-refractivity contribution is 6.03. The molecule has 1 amide bonds. The van der Waals surface area contributed by atoms with Crippen LogP contribution < -0.4 is 15.4 Å². The lowest BCUT2D eigenvalue weighted by Gasteiger charge is -2.13. The summed E-state index contributed by atoms with van der Waals surface area (Å²) in [7, 11) is 1.54. The Hall–Kier alpha value is -3.62. The van der Waals surface area contributed by atoms with Gasteiger partial charge in [0.2, 0.25) is 0 Å². The standard InChI is InChI=1S/C19H15F3N4O2/c1-28-13-6-4-5-12(11-13)23-17-10-9-16(25-26-17)18(27)24-15-8-3-2-7-14(15)19(20,21)22/h2-11H,1H3,(H,23,26)(H,24,27). The van der Waals surface area contributed by atoms with E-state index in [1.807, 2.05) is 0 Å². The van der Waals surface area contributed by atoms with E-state index in [-0.39, 0.29) is 11.4 Å². The van der Waals surface area contributed by atoms with E-state index in [0.717, 1.165) is 6.07 Å². The monoisotopic (exact) mass is 388 g/mol. The number of nitrogens with zero attached hydrogens (tertiary/aromatic N) is 2. The van der Waals surface area contributed by atoms with Crippen LogP contribution in [0, 0.1) is 0 Å². The van der Waals surface area contributed by atoms with Gasteiger partial charge in [0.1, 0.15) is 5.75 Å². The zero-order valence-corrected chi connectivity index (χ0v) is 14.6. The van der Waals surface area contributed by atoms with Gasteiger partial charge in [0.15, 0.2) is 11.5 Å². The molecule has 9 heteroatoms. The van der Waals surface area contributed by atoms with Gasteiger partial charge in [-0.1, -0.05) is 18.2 Å². The molecule has 0 bridgehead atoms. The second kappa shape index (κ2) is 7.95. The van der Waals surface area contributed by atoms with E-state index in [1.54, 1.807) is 31.4 Å². The largest absolute Gasteiger partial charge is 0.497 e. The molecule has 144 valence electrons. The average Bonchev–Trinajstić information content (AvgIpc) is 2.68. The number of benzene rings is 2. The fraction of sp³-hybridized carbons (Fsp3) is 0.105. The van der Waals surface area contributed by atoms with Gasteiger partial charge in [0.25, 0.3) is 5.91 Å². The van der Waals surface area contributed by atoms with Crippen molar-refractivity contribution < 1.29 is 22.7 Å². The summed E-state index contributed by atoms with van der Waals surface area (Å²) in [5.74, 6) is 0.218. The van der Waals surface area contributed by atoms with E-state index in [1.165, 1.54) is 30.3 Å². The van der Waals surface area contributed by atoms with Crippen molar-refractivity contribution in [2.45, 2.75) is 6.18 Å². The number of aromatic nitrogens is 2. The summed E-state index contributed by atoms with van der Waals surface area (Å²) in [5.41, 5.74) is -0.703. The number of alkyl halides is 3. The predicted octanol–water partition coefficient (Wildman–Crippen LogP) is 4.50. The third-order valence-electron chi connectivity index (χ3n) is 3.72. The molecule has 2 aromatic carbocycles. The van der Waals surface area contributed by atoms with E-state index in [2.05, 4.69) is 20.8 Å². The number of carbonyl (C=O) groups excluding carboxylic acids is 1. The van der Waals surface area contributed by atoms with Crippen LogP contribution in [-0.4, -0.2) is 23.2 Å². The Kier molecular flexibility index (Phi) is 5.44. The minimum Gasteiger partial charge on any atom is -0.497 e. The van der Waals surface area contributed by atoms with Crippen LogP contribution in [0.2, 0.25) is 0 Å². The molecule has 1 aromatic heterocycles. The lowest BCUT2D eigenvalue weighted by molar-refractivity contribution is -0.136. The van der Waals surface area contributed by atoms with E-state index < -0.39 is 17.6 Å². The van der Waals surface area contributed by atoms with Crippen molar-refractivity contribution in [3.8, 4) is 5.75 Å². The minimum absolute atomic E-state index is 0.117. The Labute approximate surface area is 158 Å². The molecule has 3 rings (SSSR count). The van der Waals surface area contributed by atoms with Gasteiger partial charge in [0.05, 0.1) is 18.4 Å². The third-order valence-corrected chi connectivity index (χ3v) is 3.72. The molecule has 0 radical (unpaired) electrons. The second-order valence-corrected chi connectivity index (χ2v) is 5.66. The number of carbonyl (C=O) groups is 1. The first-order valence-corrected chi connectivity index (χ1v) is 8.09. The molecular formula is C19H15F3N4O2. The topological polar surface area (TPSA) is 76.1 Å². The number of rotatable bonds is 5. The highest BCUT2D eigenvalue weighted by Crippen LogP contribution is 2.34. The zero-order chi connectivity index (χ0) is 20.1. The fourth-order valence-corrected chi connectivity index (χ4v) is 2.39. The number of halogens is 3. The van der Waals surface area contributed by atoms with Crippen LogP contribution in [0.5, 0.6) is 5.75 Å². The fourth-order valence-electron chi connectivity index (χ4n) is 2.39. The molecule has 0 fully saturated rings. The van der Waals surface area contributed by atoms with Crippen LogP contribution in [0.25, 0.3) is 0 Å². The van der Waals surface area contributed by atoms with Crippen molar-refractivity contribution >= 4 is 23.1 Å². The maximum atomic E-state index is 13.0. The number of ether oxygens (including phenoxy) is 1. The van der Waals surface area contributed by atoms with Gasteiger partial charge in [-0.2, -0.15) is 13.2 Å². The molecule has 0 aliphatic heterocycles. The van der Waals surface area contributed by atoms with Crippen molar-refractivity contribution in [3.63, 3.8) is 0 Å². The molecule has 0 unspecified atom stereocenters. The van der Waals surface area contributed by atoms with E-state index >= 15 is 0 Å². The van der Waals surface area contributed by atoms with E-state index in [0.29, 0.717) is 17.3 Å². The number of amides is 1. The molecule has 28 heavy (non-hydrogen) atoms. The molecule has 0 spiro atoms. The lowest BCUT2D eigenvalue weighted by Crippen LogP contribution is -2.18. The van der Waals surface area contributed by atoms with Gasteiger partial charge in [-0.15, -0.1) is 10.2 Å². The summed E-state index contributed by atoms with van der Waals surface area (Å²) in [6, 6.07) is 14.7. The van der Waals surface area contributed by atoms with Gasteiger partial charge in [0, 0.05) is 11.8 Å². The number of hydrogen-bond acceptors (Lipinski definition) is 5. The quantitative estimate of drug-likeness (QED) is 0.673. The SMILES string of the molecule is COc1cccc(Nc2ccc(C(=O)Nc3ccccc3C(F)(F)F)nn2)c1. The number of methoxy groups -OCH3 is 1. The van der Waals surface area contributed by atoms with Crippen molar-refractivity contribution in [1.29, 1.82) is 0 Å². The summed E-state index contributed by atoms with van der Waals surface area (Å²) in [6.07, 6.45) is -4.58. The summed E-state index contributed by atoms with van der Waals surface area (Å²) < 4.78 is 44.2. The summed E-state index contributed by atoms with van der Waals surface area (Å²) in [4.78, 5) is 12.2. The Morgan fingerprint density at radius 1 is 1.00 bits per heavy atom. The molecule has 6 nitrogen and oxygen atoms in total. The first-order valence-electron chi connectivity index (χ1n) is 8.09.